The minimum absolute atomic E-state index is 0.00142. The van der Waals surface area contributed by atoms with Crippen molar-refractivity contribution in [3.63, 3.8) is 0 Å². The maximum atomic E-state index is 12.9. The number of methoxy groups -OCH3 is 1. The van der Waals surface area contributed by atoms with E-state index in [-0.39, 0.29) is 29.3 Å². The molecule has 0 bridgehead atoms. The Morgan fingerprint density at radius 2 is 1.80 bits per heavy atom. The van der Waals surface area contributed by atoms with Crippen molar-refractivity contribution in [3.05, 3.63) is 24.3 Å². The molecular weight excluding hydrogens is 340 g/mol. The van der Waals surface area contributed by atoms with Gasteiger partial charge in [-0.3, -0.25) is 4.79 Å². The second kappa shape index (κ2) is 7.74. The predicted octanol–water partition coefficient (Wildman–Crippen LogP) is 2.15. The Bertz CT molecular complexity index is 696. The molecular formula is C18H26N2O4S. The summed E-state index contributed by atoms with van der Waals surface area (Å²) in [5.41, 5.74) is 0. The van der Waals surface area contributed by atoms with Crippen LogP contribution in [0.4, 0.5) is 0 Å². The first-order chi connectivity index (χ1) is 12.0. The van der Waals surface area contributed by atoms with E-state index in [4.69, 9.17) is 4.74 Å². The Kier molecular flexibility index (Phi) is 5.64. The van der Waals surface area contributed by atoms with Crippen LogP contribution >= 0.6 is 0 Å². The van der Waals surface area contributed by atoms with Crippen molar-refractivity contribution in [3.8, 4) is 5.75 Å². The van der Waals surface area contributed by atoms with Crippen molar-refractivity contribution in [2.75, 3.05) is 20.2 Å². The highest BCUT2D eigenvalue weighted by Crippen LogP contribution is 2.26. The van der Waals surface area contributed by atoms with Crippen molar-refractivity contribution in [1.29, 1.82) is 0 Å². The van der Waals surface area contributed by atoms with Crippen LogP contribution in [0.3, 0.4) is 0 Å². The number of piperidine rings is 1. The summed E-state index contributed by atoms with van der Waals surface area (Å²) >= 11 is 0. The highest BCUT2D eigenvalue weighted by Gasteiger charge is 2.34. The second-order valence-electron chi connectivity index (χ2n) is 6.87. The summed E-state index contributed by atoms with van der Waals surface area (Å²) in [6.45, 7) is 0.717. The number of sulfonamides is 1. The topological polar surface area (TPSA) is 75.7 Å². The van der Waals surface area contributed by atoms with E-state index in [2.05, 4.69) is 5.32 Å². The number of benzene rings is 1. The summed E-state index contributed by atoms with van der Waals surface area (Å²) in [6.07, 6.45) is 5.84. The van der Waals surface area contributed by atoms with E-state index in [0.717, 1.165) is 32.1 Å². The molecule has 0 unspecified atom stereocenters. The van der Waals surface area contributed by atoms with E-state index in [9.17, 15) is 13.2 Å². The third kappa shape index (κ3) is 4.15. The number of ether oxygens (including phenoxy) is 1. The molecule has 0 aromatic heterocycles. The molecule has 1 saturated heterocycles. The Labute approximate surface area is 149 Å². The van der Waals surface area contributed by atoms with Crippen LogP contribution < -0.4 is 10.1 Å². The van der Waals surface area contributed by atoms with Gasteiger partial charge in [-0.25, -0.2) is 8.42 Å². The number of hydrogen-bond donors (Lipinski definition) is 1. The number of amides is 1. The third-order valence-corrected chi connectivity index (χ3v) is 7.03. The fraction of sp³-hybridized carbons (Fsp3) is 0.611. The molecule has 7 heteroatoms. The van der Waals surface area contributed by atoms with Gasteiger partial charge in [0.1, 0.15) is 5.75 Å². The molecule has 138 valence electrons. The summed E-state index contributed by atoms with van der Waals surface area (Å²) < 4.78 is 32.2. The number of nitrogens with one attached hydrogen (secondary N) is 1. The van der Waals surface area contributed by atoms with Gasteiger partial charge in [0, 0.05) is 19.1 Å². The van der Waals surface area contributed by atoms with Crippen LogP contribution in [-0.2, 0) is 14.8 Å². The smallest absolute Gasteiger partial charge is 0.243 e. The lowest BCUT2D eigenvalue weighted by Gasteiger charge is -2.31. The molecule has 2 aliphatic rings. The summed E-state index contributed by atoms with van der Waals surface area (Å²) in [5.74, 6) is 0.357. The summed E-state index contributed by atoms with van der Waals surface area (Å²) in [7, 11) is -2.04. The van der Waals surface area contributed by atoms with E-state index in [1.54, 1.807) is 31.4 Å². The van der Waals surface area contributed by atoms with Crippen molar-refractivity contribution >= 4 is 15.9 Å². The zero-order valence-electron chi connectivity index (χ0n) is 14.6. The van der Waals surface area contributed by atoms with Gasteiger partial charge in [0.05, 0.1) is 17.9 Å². The van der Waals surface area contributed by atoms with Gasteiger partial charge >= 0.3 is 0 Å². The van der Waals surface area contributed by atoms with E-state index in [0.29, 0.717) is 18.7 Å². The zero-order valence-corrected chi connectivity index (χ0v) is 15.4. The van der Waals surface area contributed by atoms with E-state index >= 15 is 0 Å². The van der Waals surface area contributed by atoms with Crippen LogP contribution in [0.15, 0.2) is 29.2 Å². The number of hydrogen-bond acceptors (Lipinski definition) is 4. The van der Waals surface area contributed by atoms with Gasteiger partial charge in [0.2, 0.25) is 15.9 Å². The first kappa shape index (κ1) is 18.2. The minimum atomic E-state index is -3.58. The highest BCUT2D eigenvalue weighted by atomic mass is 32.2. The fourth-order valence-corrected chi connectivity index (χ4v) is 5.18. The zero-order chi connectivity index (χ0) is 17.9. The predicted molar refractivity (Wildman–Crippen MR) is 94.9 cm³/mol. The molecule has 1 amide bonds. The average Bonchev–Trinajstić information content (AvgIpc) is 3.15. The molecule has 0 spiro atoms. The van der Waals surface area contributed by atoms with E-state index < -0.39 is 10.0 Å². The fourth-order valence-electron chi connectivity index (χ4n) is 3.66. The van der Waals surface area contributed by atoms with Gasteiger partial charge < -0.3 is 10.1 Å². The first-order valence-corrected chi connectivity index (χ1v) is 10.4. The Morgan fingerprint density at radius 3 is 2.44 bits per heavy atom. The van der Waals surface area contributed by atoms with E-state index in [1.807, 2.05) is 0 Å². The summed E-state index contributed by atoms with van der Waals surface area (Å²) in [4.78, 5) is 12.7. The quantitative estimate of drug-likeness (QED) is 0.866. The average molecular weight is 366 g/mol. The molecule has 1 aliphatic heterocycles. The minimum Gasteiger partial charge on any atom is -0.497 e. The van der Waals surface area contributed by atoms with Gasteiger partial charge in [-0.05, 0) is 49.9 Å². The van der Waals surface area contributed by atoms with E-state index in [1.165, 1.54) is 4.31 Å². The molecule has 1 N–H and O–H groups in total. The normalized spacial score (nSPS) is 22.7. The number of carbonyl (C=O) groups is 1. The van der Waals surface area contributed by atoms with Crippen LogP contribution in [0.2, 0.25) is 0 Å². The van der Waals surface area contributed by atoms with Crippen LogP contribution in [-0.4, -0.2) is 44.9 Å². The lowest BCUT2D eigenvalue weighted by atomic mass is 9.98. The third-order valence-electron chi connectivity index (χ3n) is 5.15. The molecule has 1 saturated carbocycles. The van der Waals surface area contributed by atoms with Gasteiger partial charge in [-0.15, -0.1) is 0 Å². The van der Waals surface area contributed by atoms with Gasteiger partial charge in [0.25, 0.3) is 0 Å². The molecule has 6 nitrogen and oxygen atoms in total. The SMILES string of the molecule is COc1ccc(S(=O)(=O)N2CCC[C@H](C(=O)NC3CCCC3)C2)cc1. The highest BCUT2D eigenvalue weighted by molar-refractivity contribution is 7.89. The van der Waals surface area contributed by atoms with Crippen LogP contribution in [0.25, 0.3) is 0 Å². The number of nitrogens with zero attached hydrogens (tertiary/aromatic N) is 1. The maximum Gasteiger partial charge on any atom is 0.243 e. The molecule has 25 heavy (non-hydrogen) atoms. The van der Waals surface area contributed by atoms with Crippen LogP contribution in [0.1, 0.15) is 38.5 Å². The van der Waals surface area contributed by atoms with Crippen molar-refractivity contribution in [2.24, 2.45) is 5.92 Å². The van der Waals surface area contributed by atoms with Gasteiger partial charge in [-0.1, -0.05) is 12.8 Å². The van der Waals surface area contributed by atoms with Gasteiger partial charge in [-0.2, -0.15) is 4.31 Å². The molecule has 1 heterocycles. The first-order valence-electron chi connectivity index (χ1n) is 8.95. The monoisotopic (exact) mass is 366 g/mol. The molecule has 0 radical (unpaired) electrons. The van der Waals surface area contributed by atoms with Crippen molar-refractivity contribution in [1.82, 2.24) is 9.62 Å². The lowest BCUT2D eigenvalue weighted by molar-refractivity contribution is -0.126. The lowest BCUT2D eigenvalue weighted by Crippen LogP contribution is -2.47. The molecule has 1 atom stereocenters. The second-order valence-corrected chi connectivity index (χ2v) is 8.81. The largest absolute Gasteiger partial charge is 0.497 e. The maximum absolute atomic E-state index is 12.9. The molecule has 3 rings (SSSR count). The molecule has 1 aromatic rings. The Hall–Kier alpha value is -1.60. The summed E-state index contributed by atoms with van der Waals surface area (Å²) in [6, 6.07) is 6.65. The molecule has 1 aromatic carbocycles. The van der Waals surface area contributed by atoms with Gasteiger partial charge in [0.15, 0.2) is 0 Å². The van der Waals surface area contributed by atoms with Crippen LogP contribution in [0, 0.1) is 5.92 Å². The Morgan fingerprint density at radius 1 is 1.12 bits per heavy atom. The number of carbonyl (C=O) groups excluding carboxylic acids is 1. The molecule has 1 aliphatic carbocycles. The van der Waals surface area contributed by atoms with Crippen molar-refractivity contribution < 1.29 is 17.9 Å². The molecule has 2 fully saturated rings. The number of rotatable bonds is 5. The standard InChI is InChI=1S/C18H26N2O4S/c1-24-16-8-10-17(11-9-16)25(22,23)20-12-4-5-14(13-20)18(21)19-15-6-2-3-7-15/h8-11,14-15H,2-7,12-13H2,1H3,(H,19,21)/t14-/m0/s1. The van der Waals surface area contributed by atoms with Crippen LogP contribution in [0.5, 0.6) is 5.75 Å². The summed E-state index contributed by atoms with van der Waals surface area (Å²) in [5, 5.41) is 3.10. The van der Waals surface area contributed by atoms with Crippen molar-refractivity contribution in [2.45, 2.75) is 49.5 Å². The Balaban J connectivity index is 1.67.